The molecule has 0 aliphatic carbocycles. The lowest BCUT2D eigenvalue weighted by molar-refractivity contribution is 0.210. The molecule has 5 heteroatoms. The van der Waals surface area contributed by atoms with Crippen LogP contribution in [-0.4, -0.2) is 23.5 Å². The van der Waals surface area contributed by atoms with Crippen molar-refractivity contribution in [2.75, 3.05) is 11.9 Å². The molecule has 2 heterocycles. The van der Waals surface area contributed by atoms with Gasteiger partial charge in [-0.3, -0.25) is 0 Å². The van der Waals surface area contributed by atoms with Gasteiger partial charge in [-0.25, -0.2) is 4.79 Å². The third kappa shape index (κ3) is 3.24. The molecule has 2 aromatic rings. The number of carbonyl (C=O) groups is 1. The van der Waals surface area contributed by atoms with Crippen LogP contribution in [0.2, 0.25) is 0 Å². The number of nitrogens with one attached hydrogen (secondary N) is 1. The third-order valence-corrected chi connectivity index (χ3v) is 3.89. The molecular formula is C17H20N2O3. The second kappa shape index (κ2) is 6.56. The van der Waals surface area contributed by atoms with Gasteiger partial charge in [0.1, 0.15) is 18.1 Å². The van der Waals surface area contributed by atoms with Crippen molar-refractivity contribution in [3.8, 4) is 5.75 Å². The molecule has 2 amide bonds. The number of furan rings is 1. The first-order valence-corrected chi connectivity index (χ1v) is 7.56. The number of urea groups is 1. The van der Waals surface area contributed by atoms with E-state index in [2.05, 4.69) is 12.2 Å². The zero-order valence-electron chi connectivity index (χ0n) is 12.6. The summed E-state index contributed by atoms with van der Waals surface area (Å²) in [5, 5.41) is 2.94. The molecular weight excluding hydrogens is 280 g/mol. The fourth-order valence-corrected chi connectivity index (χ4v) is 2.66. The average Bonchev–Trinajstić information content (AvgIpc) is 3.17. The molecule has 1 atom stereocenters. The standard InChI is InChI=1S/C17H20N2O3/c1-13-6-4-10-19(13)17(20)18-15-8-2-3-9-16(15)22-12-14-7-5-11-21-14/h2-3,5,7-9,11,13H,4,6,10,12H2,1H3,(H,18,20). The number of hydrogen-bond acceptors (Lipinski definition) is 3. The van der Waals surface area contributed by atoms with Crippen LogP contribution in [0.1, 0.15) is 25.5 Å². The fourth-order valence-electron chi connectivity index (χ4n) is 2.66. The van der Waals surface area contributed by atoms with Gasteiger partial charge in [0, 0.05) is 12.6 Å². The van der Waals surface area contributed by atoms with Crippen molar-refractivity contribution in [3.05, 3.63) is 48.4 Å². The Kier molecular flexibility index (Phi) is 4.32. The number of hydrogen-bond donors (Lipinski definition) is 1. The fraction of sp³-hybridized carbons (Fsp3) is 0.353. The summed E-state index contributed by atoms with van der Waals surface area (Å²) >= 11 is 0. The Morgan fingerprint density at radius 3 is 2.95 bits per heavy atom. The SMILES string of the molecule is CC1CCCN1C(=O)Nc1ccccc1OCc1ccco1. The predicted octanol–water partition coefficient (Wildman–Crippen LogP) is 3.87. The predicted molar refractivity (Wildman–Crippen MR) is 83.9 cm³/mol. The lowest BCUT2D eigenvalue weighted by Crippen LogP contribution is -2.37. The van der Waals surface area contributed by atoms with E-state index in [-0.39, 0.29) is 12.1 Å². The maximum Gasteiger partial charge on any atom is 0.322 e. The van der Waals surface area contributed by atoms with Crippen LogP contribution in [0.3, 0.4) is 0 Å². The molecule has 0 bridgehead atoms. The van der Waals surface area contributed by atoms with Gasteiger partial charge in [-0.1, -0.05) is 12.1 Å². The summed E-state index contributed by atoms with van der Waals surface area (Å²) in [5.41, 5.74) is 0.679. The topological polar surface area (TPSA) is 54.7 Å². The van der Waals surface area contributed by atoms with Gasteiger partial charge < -0.3 is 19.4 Å². The highest BCUT2D eigenvalue weighted by Crippen LogP contribution is 2.26. The summed E-state index contributed by atoms with van der Waals surface area (Å²) in [6.45, 7) is 3.22. The minimum absolute atomic E-state index is 0.0703. The number of anilines is 1. The van der Waals surface area contributed by atoms with Crippen LogP contribution in [-0.2, 0) is 6.61 Å². The Bertz CT molecular complexity index is 625. The molecule has 1 unspecified atom stereocenters. The van der Waals surface area contributed by atoms with Crippen molar-refractivity contribution in [3.63, 3.8) is 0 Å². The van der Waals surface area contributed by atoms with Gasteiger partial charge in [0.25, 0.3) is 0 Å². The lowest BCUT2D eigenvalue weighted by Gasteiger charge is -2.22. The van der Waals surface area contributed by atoms with Gasteiger partial charge in [-0.05, 0) is 44.0 Å². The summed E-state index contributed by atoms with van der Waals surface area (Å²) < 4.78 is 11.0. The van der Waals surface area contributed by atoms with Crippen molar-refractivity contribution in [2.24, 2.45) is 0 Å². The molecule has 1 aromatic carbocycles. The first-order chi connectivity index (χ1) is 10.7. The minimum Gasteiger partial charge on any atom is -0.483 e. The maximum absolute atomic E-state index is 12.4. The highest BCUT2D eigenvalue weighted by molar-refractivity contribution is 5.91. The number of likely N-dealkylation sites (tertiary alicyclic amines) is 1. The normalized spacial score (nSPS) is 17.5. The van der Waals surface area contributed by atoms with E-state index in [0.717, 1.165) is 25.1 Å². The molecule has 116 valence electrons. The van der Waals surface area contributed by atoms with E-state index >= 15 is 0 Å². The van der Waals surface area contributed by atoms with Crippen LogP contribution in [0.5, 0.6) is 5.75 Å². The number of para-hydroxylation sites is 2. The first kappa shape index (κ1) is 14.5. The van der Waals surface area contributed by atoms with Crippen LogP contribution in [0, 0.1) is 0 Å². The number of carbonyl (C=O) groups excluding carboxylic acids is 1. The molecule has 3 rings (SSSR count). The van der Waals surface area contributed by atoms with Gasteiger partial charge in [0.2, 0.25) is 0 Å². The Hall–Kier alpha value is -2.43. The molecule has 0 radical (unpaired) electrons. The van der Waals surface area contributed by atoms with E-state index in [1.165, 1.54) is 0 Å². The highest BCUT2D eigenvalue weighted by atomic mass is 16.5. The Morgan fingerprint density at radius 1 is 1.36 bits per heavy atom. The smallest absolute Gasteiger partial charge is 0.322 e. The quantitative estimate of drug-likeness (QED) is 0.932. The van der Waals surface area contributed by atoms with E-state index in [1.54, 1.807) is 6.26 Å². The van der Waals surface area contributed by atoms with Gasteiger partial charge >= 0.3 is 6.03 Å². The first-order valence-electron chi connectivity index (χ1n) is 7.56. The number of nitrogens with zero attached hydrogens (tertiary/aromatic N) is 1. The van der Waals surface area contributed by atoms with E-state index in [0.29, 0.717) is 18.0 Å². The lowest BCUT2D eigenvalue weighted by atomic mass is 10.2. The van der Waals surface area contributed by atoms with E-state index in [1.807, 2.05) is 41.3 Å². The number of rotatable bonds is 4. The van der Waals surface area contributed by atoms with E-state index in [9.17, 15) is 4.79 Å². The van der Waals surface area contributed by atoms with E-state index < -0.39 is 0 Å². The monoisotopic (exact) mass is 300 g/mol. The third-order valence-electron chi connectivity index (χ3n) is 3.89. The van der Waals surface area contributed by atoms with Gasteiger partial charge in [-0.15, -0.1) is 0 Å². The number of benzene rings is 1. The molecule has 1 fully saturated rings. The Balaban J connectivity index is 1.66. The van der Waals surface area contributed by atoms with Crippen LogP contribution in [0.15, 0.2) is 47.1 Å². The maximum atomic E-state index is 12.4. The summed E-state index contributed by atoms with van der Waals surface area (Å²) in [4.78, 5) is 14.2. The van der Waals surface area contributed by atoms with Crippen LogP contribution in [0.4, 0.5) is 10.5 Å². The molecule has 1 aliphatic heterocycles. The molecule has 1 aliphatic rings. The van der Waals surface area contributed by atoms with Gasteiger partial charge in [-0.2, -0.15) is 0 Å². The molecule has 0 spiro atoms. The summed E-state index contributed by atoms with van der Waals surface area (Å²) in [6.07, 6.45) is 3.73. The van der Waals surface area contributed by atoms with Crippen molar-refractivity contribution < 1.29 is 13.9 Å². The molecule has 1 aromatic heterocycles. The van der Waals surface area contributed by atoms with Crippen molar-refractivity contribution in [2.45, 2.75) is 32.4 Å². The van der Waals surface area contributed by atoms with Crippen LogP contribution in [0.25, 0.3) is 0 Å². The molecule has 1 saturated heterocycles. The largest absolute Gasteiger partial charge is 0.483 e. The van der Waals surface area contributed by atoms with E-state index in [4.69, 9.17) is 9.15 Å². The second-order valence-corrected chi connectivity index (χ2v) is 5.48. The Morgan fingerprint density at radius 2 is 2.23 bits per heavy atom. The van der Waals surface area contributed by atoms with Gasteiger partial charge in [0.05, 0.1) is 12.0 Å². The van der Waals surface area contributed by atoms with Crippen molar-refractivity contribution in [1.29, 1.82) is 0 Å². The summed E-state index contributed by atoms with van der Waals surface area (Å²) in [7, 11) is 0. The Labute approximate surface area is 129 Å². The minimum atomic E-state index is -0.0703. The van der Waals surface area contributed by atoms with Crippen LogP contribution >= 0.6 is 0 Å². The number of amides is 2. The van der Waals surface area contributed by atoms with Crippen molar-refractivity contribution in [1.82, 2.24) is 4.90 Å². The summed E-state index contributed by atoms with van der Waals surface area (Å²) in [6, 6.07) is 11.3. The molecule has 0 saturated carbocycles. The molecule has 1 N–H and O–H groups in total. The zero-order valence-corrected chi connectivity index (χ0v) is 12.6. The van der Waals surface area contributed by atoms with Gasteiger partial charge in [0.15, 0.2) is 0 Å². The summed E-state index contributed by atoms with van der Waals surface area (Å²) in [5.74, 6) is 1.38. The average molecular weight is 300 g/mol. The molecule has 5 nitrogen and oxygen atoms in total. The van der Waals surface area contributed by atoms with Crippen LogP contribution < -0.4 is 10.1 Å². The second-order valence-electron chi connectivity index (χ2n) is 5.48. The zero-order chi connectivity index (χ0) is 15.4. The van der Waals surface area contributed by atoms with Crippen molar-refractivity contribution >= 4 is 11.7 Å². The highest BCUT2D eigenvalue weighted by Gasteiger charge is 2.25. The molecule has 22 heavy (non-hydrogen) atoms. The number of ether oxygens (including phenoxy) is 1.